The zero-order valence-electron chi connectivity index (χ0n) is 11.8. The first-order valence-electron chi connectivity index (χ1n) is 7.36. The highest BCUT2D eigenvalue weighted by atomic mass is 16.2. The molecule has 4 heteroatoms. The molecule has 0 spiro atoms. The van der Waals surface area contributed by atoms with E-state index in [0.29, 0.717) is 5.92 Å². The number of amides is 2. The van der Waals surface area contributed by atoms with Crippen molar-refractivity contribution in [2.24, 2.45) is 11.8 Å². The molecule has 0 aliphatic carbocycles. The fourth-order valence-corrected chi connectivity index (χ4v) is 2.82. The number of carbonyl (C=O) groups is 1. The van der Waals surface area contributed by atoms with Gasteiger partial charge in [-0.2, -0.15) is 0 Å². The second-order valence-corrected chi connectivity index (χ2v) is 6.10. The molecule has 0 unspecified atom stereocenters. The molecule has 0 bridgehead atoms. The smallest absolute Gasteiger partial charge is 0.317 e. The molecule has 0 radical (unpaired) electrons. The van der Waals surface area contributed by atoms with Gasteiger partial charge in [0.05, 0.1) is 0 Å². The molecule has 2 heterocycles. The fraction of sp³-hybridized carbons (Fsp3) is 0.929. The van der Waals surface area contributed by atoms with E-state index in [2.05, 4.69) is 24.2 Å². The Morgan fingerprint density at radius 3 is 2.33 bits per heavy atom. The summed E-state index contributed by atoms with van der Waals surface area (Å²) in [6, 6.07) is 0.154. The van der Waals surface area contributed by atoms with Crippen LogP contribution in [0.1, 0.15) is 32.6 Å². The van der Waals surface area contributed by atoms with Crippen LogP contribution in [0.2, 0.25) is 0 Å². The largest absolute Gasteiger partial charge is 0.338 e. The van der Waals surface area contributed by atoms with E-state index in [9.17, 15) is 4.79 Å². The van der Waals surface area contributed by atoms with Crippen LogP contribution in [0.5, 0.6) is 0 Å². The third-order valence-corrected chi connectivity index (χ3v) is 4.45. The van der Waals surface area contributed by atoms with Gasteiger partial charge in [-0.1, -0.05) is 6.92 Å². The van der Waals surface area contributed by atoms with Crippen LogP contribution in [0, 0.1) is 11.8 Å². The monoisotopic (exact) mass is 253 g/mol. The summed E-state index contributed by atoms with van der Waals surface area (Å²) in [7, 11) is 2.17. The van der Waals surface area contributed by atoms with Gasteiger partial charge in [-0.05, 0) is 57.7 Å². The predicted octanol–water partition coefficient (Wildman–Crippen LogP) is 1.77. The van der Waals surface area contributed by atoms with Crippen molar-refractivity contribution in [2.75, 3.05) is 39.8 Å². The zero-order valence-corrected chi connectivity index (χ0v) is 11.8. The van der Waals surface area contributed by atoms with Gasteiger partial charge < -0.3 is 15.1 Å². The molecule has 2 amide bonds. The summed E-state index contributed by atoms with van der Waals surface area (Å²) < 4.78 is 0. The normalized spacial score (nSPS) is 24.2. The number of piperidine rings is 2. The molecular weight excluding hydrogens is 226 g/mol. The molecule has 2 aliphatic heterocycles. The maximum atomic E-state index is 12.0. The molecule has 2 saturated heterocycles. The van der Waals surface area contributed by atoms with Crippen molar-refractivity contribution in [3.63, 3.8) is 0 Å². The van der Waals surface area contributed by atoms with Gasteiger partial charge in [0.1, 0.15) is 0 Å². The lowest BCUT2D eigenvalue weighted by Gasteiger charge is -2.32. The molecule has 0 atom stereocenters. The van der Waals surface area contributed by atoms with Crippen LogP contribution in [0.15, 0.2) is 0 Å². The second-order valence-electron chi connectivity index (χ2n) is 6.10. The van der Waals surface area contributed by atoms with Crippen LogP contribution >= 0.6 is 0 Å². The first-order chi connectivity index (χ1) is 8.65. The quantitative estimate of drug-likeness (QED) is 0.814. The van der Waals surface area contributed by atoms with Crippen LogP contribution in [0.3, 0.4) is 0 Å². The Labute approximate surface area is 111 Å². The van der Waals surface area contributed by atoms with Gasteiger partial charge in [0.2, 0.25) is 0 Å². The third-order valence-electron chi connectivity index (χ3n) is 4.45. The summed E-state index contributed by atoms with van der Waals surface area (Å²) in [6.45, 7) is 7.33. The summed E-state index contributed by atoms with van der Waals surface area (Å²) in [5.74, 6) is 1.46. The van der Waals surface area contributed by atoms with E-state index in [-0.39, 0.29) is 6.03 Å². The van der Waals surface area contributed by atoms with Gasteiger partial charge in [0.25, 0.3) is 0 Å². The third kappa shape index (κ3) is 3.87. The number of nitrogens with zero attached hydrogens (tertiary/aromatic N) is 2. The lowest BCUT2D eigenvalue weighted by atomic mass is 9.97. The van der Waals surface area contributed by atoms with Crippen molar-refractivity contribution < 1.29 is 4.79 Å². The lowest BCUT2D eigenvalue weighted by molar-refractivity contribution is 0.167. The molecule has 2 aliphatic rings. The Balaban J connectivity index is 1.65. The SMILES string of the molecule is CC1CCN(C(=O)NCC2CCN(C)CC2)CC1. The fourth-order valence-electron chi connectivity index (χ4n) is 2.82. The number of hydrogen-bond donors (Lipinski definition) is 1. The summed E-state index contributed by atoms with van der Waals surface area (Å²) in [5, 5.41) is 3.12. The predicted molar refractivity (Wildman–Crippen MR) is 73.6 cm³/mol. The summed E-state index contributed by atoms with van der Waals surface area (Å²) >= 11 is 0. The molecule has 2 rings (SSSR count). The first-order valence-corrected chi connectivity index (χ1v) is 7.36. The highest BCUT2D eigenvalue weighted by Crippen LogP contribution is 2.17. The molecule has 4 nitrogen and oxygen atoms in total. The Bertz CT molecular complexity index is 266. The highest BCUT2D eigenvalue weighted by Gasteiger charge is 2.22. The van der Waals surface area contributed by atoms with Crippen LogP contribution in [-0.2, 0) is 0 Å². The number of carbonyl (C=O) groups excluding carboxylic acids is 1. The summed E-state index contributed by atoms with van der Waals surface area (Å²) in [4.78, 5) is 16.4. The Morgan fingerprint density at radius 2 is 1.72 bits per heavy atom. The summed E-state index contributed by atoms with van der Waals surface area (Å²) in [5.41, 5.74) is 0. The van der Waals surface area contributed by atoms with Gasteiger partial charge in [-0.3, -0.25) is 0 Å². The second kappa shape index (κ2) is 6.41. The number of nitrogens with one attached hydrogen (secondary N) is 1. The maximum Gasteiger partial charge on any atom is 0.317 e. The van der Waals surface area contributed by atoms with Gasteiger partial charge in [-0.25, -0.2) is 4.79 Å². The standard InChI is InChI=1S/C14H27N3O/c1-12-3-9-17(10-4-12)14(18)15-11-13-5-7-16(2)8-6-13/h12-13H,3-11H2,1-2H3,(H,15,18). The minimum absolute atomic E-state index is 0.154. The topological polar surface area (TPSA) is 35.6 Å². The van der Waals surface area contributed by atoms with Crippen molar-refractivity contribution in [2.45, 2.75) is 32.6 Å². The molecular formula is C14H27N3O. The average Bonchev–Trinajstić information content (AvgIpc) is 2.38. The number of hydrogen-bond acceptors (Lipinski definition) is 2. The van der Waals surface area contributed by atoms with E-state index in [1.807, 2.05) is 4.90 Å². The molecule has 18 heavy (non-hydrogen) atoms. The highest BCUT2D eigenvalue weighted by molar-refractivity contribution is 5.74. The van der Waals surface area contributed by atoms with E-state index in [1.165, 1.54) is 25.9 Å². The van der Waals surface area contributed by atoms with E-state index in [0.717, 1.165) is 38.4 Å². The van der Waals surface area contributed by atoms with Gasteiger partial charge in [0.15, 0.2) is 0 Å². The van der Waals surface area contributed by atoms with Crippen molar-refractivity contribution in [3.8, 4) is 0 Å². The molecule has 0 aromatic heterocycles. The molecule has 0 aromatic rings. The Morgan fingerprint density at radius 1 is 1.11 bits per heavy atom. The molecule has 0 aromatic carbocycles. The maximum absolute atomic E-state index is 12.0. The Kier molecular flexibility index (Phi) is 4.87. The molecule has 0 saturated carbocycles. The van der Waals surface area contributed by atoms with Crippen LogP contribution in [0.4, 0.5) is 4.79 Å². The van der Waals surface area contributed by atoms with E-state index in [1.54, 1.807) is 0 Å². The number of likely N-dealkylation sites (tertiary alicyclic amines) is 2. The minimum atomic E-state index is 0.154. The van der Waals surface area contributed by atoms with Crippen molar-refractivity contribution in [1.82, 2.24) is 15.1 Å². The van der Waals surface area contributed by atoms with Gasteiger partial charge in [-0.15, -0.1) is 0 Å². The molecule has 1 N–H and O–H groups in total. The molecule has 104 valence electrons. The van der Waals surface area contributed by atoms with Crippen LogP contribution < -0.4 is 5.32 Å². The lowest BCUT2D eigenvalue weighted by Crippen LogP contribution is -2.46. The summed E-state index contributed by atoms with van der Waals surface area (Å²) in [6.07, 6.45) is 4.74. The average molecular weight is 253 g/mol. The van der Waals surface area contributed by atoms with E-state index in [4.69, 9.17) is 0 Å². The van der Waals surface area contributed by atoms with Crippen molar-refractivity contribution in [3.05, 3.63) is 0 Å². The zero-order chi connectivity index (χ0) is 13.0. The van der Waals surface area contributed by atoms with Crippen LogP contribution in [0.25, 0.3) is 0 Å². The first kappa shape index (κ1) is 13.7. The number of urea groups is 1. The Hall–Kier alpha value is -0.770. The van der Waals surface area contributed by atoms with Crippen molar-refractivity contribution in [1.29, 1.82) is 0 Å². The molecule has 2 fully saturated rings. The van der Waals surface area contributed by atoms with Crippen LogP contribution in [-0.4, -0.2) is 55.6 Å². The van der Waals surface area contributed by atoms with E-state index < -0.39 is 0 Å². The van der Waals surface area contributed by atoms with E-state index >= 15 is 0 Å². The van der Waals surface area contributed by atoms with Gasteiger partial charge >= 0.3 is 6.03 Å². The number of rotatable bonds is 2. The van der Waals surface area contributed by atoms with Gasteiger partial charge in [0, 0.05) is 19.6 Å². The minimum Gasteiger partial charge on any atom is -0.338 e. The van der Waals surface area contributed by atoms with Crippen molar-refractivity contribution >= 4 is 6.03 Å².